The second-order valence-electron chi connectivity index (χ2n) is 8.94. The smallest absolute Gasteiger partial charge is 0.295 e. The minimum atomic E-state index is -0.672. The zero-order chi connectivity index (χ0) is 24.1. The molecule has 0 aliphatic carbocycles. The molecule has 1 amide bonds. The number of amides is 1. The molecular weight excluding hydrogens is 418 g/mol. The summed E-state index contributed by atoms with van der Waals surface area (Å²) in [5.41, 5.74) is 3.25. The van der Waals surface area contributed by atoms with Gasteiger partial charge in [0.1, 0.15) is 11.5 Å². The highest BCUT2D eigenvalue weighted by Gasteiger charge is 2.45. The van der Waals surface area contributed by atoms with Crippen LogP contribution in [0.15, 0.2) is 48.0 Å². The van der Waals surface area contributed by atoms with Crippen LogP contribution < -0.4 is 4.74 Å². The Morgan fingerprint density at radius 3 is 2.52 bits per heavy atom. The first-order valence-corrected chi connectivity index (χ1v) is 11.3. The van der Waals surface area contributed by atoms with Crippen LogP contribution in [0.3, 0.4) is 0 Å². The van der Waals surface area contributed by atoms with Gasteiger partial charge in [-0.1, -0.05) is 43.7 Å². The van der Waals surface area contributed by atoms with Crippen LogP contribution in [0, 0.1) is 19.8 Å². The van der Waals surface area contributed by atoms with E-state index in [1.807, 2.05) is 38.1 Å². The summed E-state index contributed by atoms with van der Waals surface area (Å²) in [4.78, 5) is 27.6. The molecule has 33 heavy (non-hydrogen) atoms. The van der Waals surface area contributed by atoms with Gasteiger partial charge < -0.3 is 19.5 Å². The molecule has 1 atom stereocenters. The summed E-state index contributed by atoms with van der Waals surface area (Å²) < 4.78 is 11.0. The van der Waals surface area contributed by atoms with E-state index in [0.717, 1.165) is 22.4 Å². The van der Waals surface area contributed by atoms with Crippen molar-refractivity contribution in [3.05, 3.63) is 70.3 Å². The number of ether oxygens (including phenoxy) is 2. The van der Waals surface area contributed by atoms with E-state index in [4.69, 9.17) is 9.47 Å². The third-order valence-electron chi connectivity index (χ3n) is 5.67. The SMILES string of the molecule is COCCCN1C(=O)C(=O)/C(=C(\O)c2ccc(OCC(C)C)c(C)c2)C1c1cccc(C)c1. The molecule has 0 saturated carbocycles. The molecule has 1 N–H and O–H groups in total. The molecule has 1 saturated heterocycles. The Labute approximate surface area is 195 Å². The van der Waals surface area contributed by atoms with Gasteiger partial charge in [0, 0.05) is 25.8 Å². The monoisotopic (exact) mass is 451 g/mol. The van der Waals surface area contributed by atoms with Gasteiger partial charge >= 0.3 is 0 Å². The molecule has 3 rings (SSSR count). The van der Waals surface area contributed by atoms with Crippen LogP contribution >= 0.6 is 0 Å². The van der Waals surface area contributed by atoms with Crippen LogP contribution in [-0.2, 0) is 14.3 Å². The fraction of sp³-hybridized carbons (Fsp3) is 0.407. The van der Waals surface area contributed by atoms with Gasteiger partial charge in [0.25, 0.3) is 11.7 Å². The molecule has 6 heteroatoms. The average Bonchev–Trinajstić information content (AvgIpc) is 3.03. The number of nitrogens with zero attached hydrogens (tertiary/aromatic N) is 1. The Balaban J connectivity index is 2.06. The van der Waals surface area contributed by atoms with Crippen molar-refractivity contribution in [2.45, 2.75) is 40.2 Å². The van der Waals surface area contributed by atoms with Crippen molar-refractivity contribution in [3.8, 4) is 5.75 Å². The van der Waals surface area contributed by atoms with Crippen LogP contribution in [0.4, 0.5) is 0 Å². The minimum Gasteiger partial charge on any atom is -0.507 e. The molecule has 0 aromatic heterocycles. The van der Waals surface area contributed by atoms with Crippen molar-refractivity contribution < 1.29 is 24.2 Å². The fourth-order valence-electron chi connectivity index (χ4n) is 4.05. The van der Waals surface area contributed by atoms with Crippen LogP contribution in [-0.4, -0.2) is 48.6 Å². The summed E-state index contributed by atoms with van der Waals surface area (Å²) in [6.07, 6.45) is 0.590. The lowest BCUT2D eigenvalue weighted by atomic mass is 9.94. The lowest BCUT2D eigenvalue weighted by molar-refractivity contribution is -0.140. The Morgan fingerprint density at radius 1 is 1.12 bits per heavy atom. The first-order valence-electron chi connectivity index (χ1n) is 11.3. The maximum atomic E-state index is 13.1. The number of carbonyl (C=O) groups is 2. The van der Waals surface area contributed by atoms with Crippen molar-refractivity contribution >= 4 is 17.4 Å². The molecule has 0 radical (unpaired) electrons. The number of hydrogen-bond donors (Lipinski definition) is 1. The van der Waals surface area contributed by atoms with Gasteiger partial charge in [-0.3, -0.25) is 9.59 Å². The summed E-state index contributed by atoms with van der Waals surface area (Å²) in [7, 11) is 1.60. The highest BCUT2D eigenvalue weighted by atomic mass is 16.5. The standard InChI is InChI=1S/C27H33NO5/c1-17(2)16-33-22-11-10-21(15-19(22)4)25(29)23-24(20-9-6-8-18(3)14-20)28(12-7-13-32-5)27(31)26(23)30/h6,8-11,14-15,17,24,29H,7,12-13,16H2,1-5H3/b25-23-. The van der Waals surface area contributed by atoms with Gasteiger partial charge in [0.2, 0.25) is 0 Å². The van der Waals surface area contributed by atoms with Gasteiger partial charge in [-0.15, -0.1) is 0 Å². The summed E-state index contributed by atoms with van der Waals surface area (Å²) in [5.74, 6) is -0.328. The van der Waals surface area contributed by atoms with E-state index < -0.39 is 17.7 Å². The summed E-state index contributed by atoms with van der Waals surface area (Å²) in [5, 5.41) is 11.2. The molecule has 1 fully saturated rings. The third kappa shape index (κ3) is 5.45. The molecule has 1 aliphatic rings. The molecule has 0 bridgehead atoms. The van der Waals surface area contributed by atoms with E-state index in [1.54, 1.807) is 25.3 Å². The first kappa shape index (κ1) is 24.5. The maximum Gasteiger partial charge on any atom is 0.295 e. The second kappa shape index (κ2) is 10.7. The highest BCUT2D eigenvalue weighted by molar-refractivity contribution is 6.46. The van der Waals surface area contributed by atoms with Crippen molar-refractivity contribution in [2.75, 3.05) is 26.9 Å². The van der Waals surface area contributed by atoms with Crippen molar-refractivity contribution in [1.29, 1.82) is 0 Å². The molecule has 1 unspecified atom stereocenters. The zero-order valence-electron chi connectivity index (χ0n) is 20.1. The Hall–Kier alpha value is -3.12. The van der Waals surface area contributed by atoms with Gasteiger partial charge in [-0.2, -0.15) is 0 Å². The van der Waals surface area contributed by atoms with E-state index in [9.17, 15) is 14.7 Å². The van der Waals surface area contributed by atoms with Gasteiger partial charge in [0.05, 0.1) is 18.2 Å². The second-order valence-corrected chi connectivity index (χ2v) is 8.94. The van der Waals surface area contributed by atoms with Crippen LogP contribution in [0.25, 0.3) is 5.76 Å². The highest BCUT2D eigenvalue weighted by Crippen LogP contribution is 2.40. The third-order valence-corrected chi connectivity index (χ3v) is 5.67. The number of aliphatic hydroxyl groups is 1. The van der Waals surface area contributed by atoms with Gasteiger partial charge in [-0.25, -0.2) is 0 Å². The number of carbonyl (C=O) groups excluding carboxylic acids is 2. The topological polar surface area (TPSA) is 76.1 Å². The summed E-state index contributed by atoms with van der Waals surface area (Å²) >= 11 is 0. The minimum absolute atomic E-state index is 0.110. The molecule has 6 nitrogen and oxygen atoms in total. The Bertz CT molecular complexity index is 1060. The van der Waals surface area contributed by atoms with Crippen molar-refractivity contribution in [1.82, 2.24) is 4.90 Å². The molecule has 2 aromatic carbocycles. The number of aryl methyl sites for hydroxylation is 2. The van der Waals surface area contributed by atoms with Crippen LogP contribution in [0.1, 0.15) is 48.6 Å². The molecule has 2 aromatic rings. The van der Waals surface area contributed by atoms with Gasteiger partial charge in [0.15, 0.2) is 0 Å². The van der Waals surface area contributed by atoms with E-state index >= 15 is 0 Å². The Morgan fingerprint density at radius 2 is 1.88 bits per heavy atom. The number of hydrogen-bond acceptors (Lipinski definition) is 5. The van der Waals surface area contributed by atoms with E-state index in [-0.39, 0.29) is 11.3 Å². The molecule has 1 aliphatic heterocycles. The average molecular weight is 452 g/mol. The van der Waals surface area contributed by atoms with E-state index in [0.29, 0.717) is 37.7 Å². The Kier molecular flexibility index (Phi) is 7.92. The van der Waals surface area contributed by atoms with E-state index in [1.165, 1.54) is 4.90 Å². The number of methoxy groups -OCH3 is 1. The number of rotatable bonds is 9. The van der Waals surface area contributed by atoms with E-state index in [2.05, 4.69) is 13.8 Å². The van der Waals surface area contributed by atoms with Crippen LogP contribution in [0.2, 0.25) is 0 Å². The molecule has 0 spiro atoms. The molecule has 176 valence electrons. The number of benzene rings is 2. The predicted octanol–water partition coefficient (Wildman–Crippen LogP) is 4.80. The summed E-state index contributed by atoms with van der Waals surface area (Å²) in [6.45, 7) is 9.42. The maximum absolute atomic E-state index is 13.1. The number of Topliss-reactive ketones (excluding diaryl/α,β-unsaturated/α-hetero) is 1. The number of likely N-dealkylation sites (tertiary alicyclic amines) is 1. The zero-order valence-corrected chi connectivity index (χ0v) is 20.1. The molecular formula is C27H33NO5. The predicted molar refractivity (Wildman–Crippen MR) is 128 cm³/mol. The van der Waals surface area contributed by atoms with Crippen molar-refractivity contribution in [3.63, 3.8) is 0 Å². The largest absolute Gasteiger partial charge is 0.507 e. The lowest BCUT2D eigenvalue weighted by Gasteiger charge is -2.25. The summed E-state index contributed by atoms with van der Waals surface area (Å²) in [6, 6.07) is 12.3. The van der Waals surface area contributed by atoms with Crippen molar-refractivity contribution in [2.24, 2.45) is 5.92 Å². The number of ketones is 1. The normalized spacial score (nSPS) is 17.8. The fourth-order valence-corrected chi connectivity index (χ4v) is 4.05. The quantitative estimate of drug-likeness (QED) is 0.257. The van der Waals surface area contributed by atoms with Gasteiger partial charge in [-0.05, 0) is 55.5 Å². The lowest BCUT2D eigenvalue weighted by Crippen LogP contribution is -2.31. The first-order chi connectivity index (χ1) is 15.7. The number of aliphatic hydroxyl groups excluding tert-OH is 1. The van der Waals surface area contributed by atoms with Crippen LogP contribution in [0.5, 0.6) is 5.75 Å². The molecule has 1 heterocycles.